The van der Waals surface area contributed by atoms with Crippen molar-refractivity contribution in [2.45, 2.75) is 25.9 Å². The number of aliphatic hydroxyl groups is 1. The topological polar surface area (TPSA) is 55.2 Å². The second kappa shape index (κ2) is 5.46. The normalized spacial score (nSPS) is 12.7. The minimum Gasteiger partial charge on any atom is -0.496 e. The number of hydrogen-bond donors (Lipinski definition) is 1. The minimum atomic E-state index is -0.737. The monoisotopic (exact) mass is 264 g/mol. The Hall–Kier alpha value is -1.46. The minimum absolute atomic E-state index is 0.239. The van der Waals surface area contributed by atoms with E-state index in [0.29, 0.717) is 5.75 Å². The van der Waals surface area contributed by atoms with Gasteiger partial charge in [0.15, 0.2) is 0 Å². The van der Waals surface area contributed by atoms with Gasteiger partial charge in [-0.25, -0.2) is 0 Å². The number of benzene rings is 1. The molecule has 4 nitrogen and oxygen atoms in total. The van der Waals surface area contributed by atoms with Crippen LogP contribution in [0.25, 0.3) is 0 Å². The Morgan fingerprint density at radius 2 is 2.00 bits per heavy atom. The van der Waals surface area contributed by atoms with Gasteiger partial charge in [0.1, 0.15) is 11.9 Å². The van der Waals surface area contributed by atoms with Gasteiger partial charge in [0.2, 0.25) is 0 Å². The summed E-state index contributed by atoms with van der Waals surface area (Å²) in [7, 11) is 1.60. The van der Waals surface area contributed by atoms with Crippen LogP contribution in [0, 0.1) is 0 Å². The van der Waals surface area contributed by atoms with E-state index < -0.39 is 6.10 Å². The zero-order valence-electron chi connectivity index (χ0n) is 10.6. The third-order valence-electron chi connectivity index (χ3n) is 2.77. The number of aromatic nitrogens is 2. The van der Waals surface area contributed by atoms with Gasteiger partial charge in [0.05, 0.1) is 17.7 Å². The van der Waals surface area contributed by atoms with E-state index in [0.717, 1.165) is 16.1 Å². The number of aliphatic hydroxyl groups excluding tert-OH is 1. The van der Waals surface area contributed by atoms with E-state index in [9.17, 15) is 5.11 Å². The van der Waals surface area contributed by atoms with Crippen LogP contribution in [0.2, 0.25) is 0 Å². The summed E-state index contributed by atoms with van der Waals surface area (Å²) in [6, 6.07) is 7.45. The van der Waals surface area contributed by atoms with Crippen LogP contribution in [-0.4, -0.2) is 21.8 Å². The third kappa shape index (κ3) is 2.37. The van der Waals surface area contributed by atoms with Gasteiger partial charge >= 0.3 is 0 Å². The third-order valence-corrected chi connectivity index (χ3v) is 3.56. The fourth-order valence-corrected chi connectivity index (χ4v) is 2.64. The van der Waals surface area contributed by atoms with Crippen molar-refractivity contribution in [2.75, 3.05) is 7.11 Å². The summed E-state index contributed by atoms with van der Waals surface area (Å²) in [6.45, 7) is 4.07. The molecule has 1 aromatic carbocycles. The van der Waals surface area contributed by atoms with Crippen LogP contribution >= 0.6 is 11.5 Å². The number of rotatable bonds is 4. The molecule has 0 saturated carbocycles. The van der Waals surface area contributed by atoms with Crippen LogP contribution in [0.1, 0.15) is 42.0 Å². The first-order chi connectivity index (χ1) is 8.65. The number of ether oxygens (including phenoxy) is 1. The van der Waals surface area contributed by atoms with Crippen molar-refractivity contribution in [3.8, 4) is 5.75 Å². The zero-order valence-corrected chi connectivity index (χ0v) is 11.4. The molecule has 1 N–H and O–H groups in total. The molecule has 0 radical (unpaired) electrons. The van der Waals surface area contributed by atoms with Crippen LogP contribution < -0.4 is 4.74 Å². The van der Waals surface area contributed by atoms with Gasteiger partial charge in [-0.3, -0.25) is 0 Å². The molecular formula is C13H16N2O2S. The van der Waals surface area contributed by atoms with Crippen molar-refractivity contribution in [2.24, 2.45) is 0 Å². The Kier molecular flexibility index (Phi) is 3.93. The summed E-state index contributed by atoms with van der Waals surface area (Å²) in [5.74, 6) is 0.913. The lowest BCUT2D eigenvalue weighted by Gasteiger charge is -2.14. The van der Waals surface area contributed by atoms with E-state index in [1.54, 1.807) is 7.11 Å². The summed E-state index contributed by atoms with van der Waals surface area (Å²) in [5.41, 5.74) is 1.59. The smallest absolute Gasteiger partial charge is 0.125 e. The predicted molar refractivity (Wildman–Crippen MR) is 71.1 cm³/mol. The van der Waals surface area contributed by atoms with Gasteiger partial charge in [-0.1, -0.05) is 36.5 Å². The second-order valence-corrected chi connectivity index (χ2v) is 5.11. The average molecular weight is 264 g/mol. The summed E-state index contributed by atoms with van der Waals surface area (Å²) >= 11 is 1.23. The second-order valence-electron chi connectivity index (χ2n) is 4.32. The Bertz CT molecular complexity index is 525. The van der Waals surface area contributed by atoms with Gasteiger partial charge in [-0.05, 0) is 23.5 Å². The van der Waals surface area contributed by atoms with Crippen LogP contribution in [0.5, 0.6) is 5.75 Å². The Morgan fingerprint density at radius 3 is 2.67 bits per heavy atom. The highest BCUT2D eigenvalue weighted by atomic mass is 32.1. The van der Waals surface area contributed by atoms with E-state index in [2.05, 4.69) is 9.59 Å². The molecular weight excluding hydrogens is 248 g/mol. The first-order valence-electron chi connectivity index (χ1n) is 5.78. The first kappa shape index (κ1) is 13.0. The van der Waals surface area contributed by atoms with Crippen molar-refractivity contribution in [1.29, 1.82) is 0 Å². The molecule has 0 aliphatic rings. The standard InChI is InChI=1S/C13H16N2O2S/c1-8(2)11-13(18-15-14-11)12(16)9-6-4-5-7-10(9)17-3/h4-8,12,16H,1-3H3. The summed E-state index contributed by atoms with van der Waals surface area (Å²) in [5, 5.41) is 14.6. The number of hydrogen-bond acceptors (Lipinski definition) is 5. The van der Waals surface area contributed by atoms with Crippen LogP contribution in [-0.2, 0) is 0 Å². The van der Waals surface area contributed by atoms with Gasteiger partial charge in [-0.15, -0.1) is 5.10 Å². The molecule has 0 saturated heterocycles. The molecule has 0 aliphatic heterocycles. The zero-order chi connectivity index (χ0) is 13.1. The highest BCUT2D eigenvalue weighted by molar-refractivity contribution is 7.05. The van der Waals surface area contributed by atoms with Crippen molar-refractivity contribution >= 4 is 11.5 Å². The molecule has 0 aliphatic carbocycles. The molecule has 0 fully saturated rings. The maximum Gasteiger partial charge on any atom is 0.125 e. The fraction of sp³-hybridized carbons (Fsp3) is 0.385. The molecule has 2 rings (SSSR count). The van der Waals surface area contributed by atoms with E-state index in [4.69, 9.17) is 4.74 Å². The molecule has 5 heteroatoms. The van der Waals surface area contributed by atoms with Crippen LogP contribution in [0.3, 0.4) is 0 Å². The highest BCUT2D eigenvalue weighted by Crippen LogP contribution is 2.34. The summed E-state index contributed by atoms with van der Waals surface area (Å²) in [4.78, 5) is 0.787. The van der Waals surface area contributed by atoms with Crippen molar-refractivity contribution in [1.82, 2.24) is 9.59 Å². The molecule has 0 spiro atoms. The highest BCUT2D eigenvalue weighted by Gasteiger charge is 2.22. The van der Waals surface area contributed by atoms with Crippen molar-refractivity contribution in [3.05, 3.63) is 40.4 Å². The van der Waals surface area contributed by atoms with Crippen LogP contribution in [0.15, 0.2) is 24.3 Å². The van der Waals surface area contributed by atoms with Gasteiger partial charge in [0.25, 0.3) is 0 Å². The van der Waals surface area contributed by atoms with Crippen molar-refractivity contribution in [3.63, 3.8) is 0 Å². The number of nitrogens with zero attached hydrogens (tertiary/aromatic N) is 2. The molecule has 18 heavy (non-hydrogen) atoms. The number of methoxy groups -OCH3 is 1. The molecule has 1 aromatic heterocycles. The summed E-state index contributed by atoms with van der Waals surface area (Å²) < 4.78 is 9.20. The fourth-order valence-electron chi connectivity index (χ4n) is 1.83. The lowest BCUT2D eigenvalue weighted by molar-refractivity contribution is 0.216. The van der Waals surface area contributed by atoms with E-state index in [-0.39, 0.29) is 5.92 Å². The Morgan fingerprint density at radius 1 is 1.28 bits per heavy atom. The molecule has 1 heterocycles. The maximum atomic E-state index is 10.5. The molecule has 2 aromatic rings. The lowest BCUT2D eigenvalue weighted by Crippen LogP contribution is -2.04. The molecule has 96 valence electrons. The SMILES string of the molecule is COc1ccccc1C(O)c1snnc1C(C)C. The summed E-state index contributed by atoms with van der Waals surface area (Å²) in [6.07, 6.45) is -0.737. The van der Waals surface area contributed by atoms with E-state index in [1.807, 2.05) is 38.1 Å². The van der Waals surface area contributed by atoms with Gasteiger partial charge in [0, 0.05) is 5.56 Å². The predicted octanol–water partition coefficient (Wildman–Crippen LogP) is 2.75. The quantitative estimate of drug-likeness (QED) is 0.922. The number of para-hydroxylation sites is 1. The largest absolute Gasteiger partial charge is 0.496 e. The Balaban J connectivity index is 2.41. The van der Waals surface area contributed by atoms with Crippen molar-refractivity contribution < 1.29 is 9.84 Å². The van der Waals surface area contributed by atoms with E-state index >= 15 is 0 Å². The average Bonchev–Trinajstić information content (AvgIpc) is 2.87. The van der Waals surface area contributed by atoms with E-state index in [1.165, 1.54) is 11.5 Å². The van der Waals surface area contributed by atoms with Gasteiger partial charge in [-0.2, -0.15) is 0 Å². The first-order valence-corrected chi connectivity index (χ1v) is 6.55. The lowest BCUT2D eigenvalue weighted by atomic mass is 10.0. The van der Waals surface area contributed by atoms with Crippen LogP contribution in [0.4, 0.5) is 0 Å². The Labute approximate surface area is 110 Å². The molecule has 1 atom stereocenters. The molecule has 1 unspecified atom stereocenters. The molecule has 0 bridgehead atoms. The van der Waals surface area contributed by atoms with Gasteiger partial charge < -0.3 is 9.84 Å². The molecule has 0 amide bonds. The maximum absolute atomic E-state index is 10.5.